The second-order valence-corrected chi connectivity index (χ2v) is 7.47. The Balaban J connectivity index is 1.97. The average Bonchev–Trinajstić information content (AvgIpc) is 2.84. The molecular weight excluding hydrogens is 328 g/mol. The molecule has 26 heavy (non-hydrogen) atoms. The Hall–Kier alpha value is -2.95. The Kier molecular flexibility index (Phi) is 4.64. The van der Waals surface area contributed by atoms with Gasteiger partial charge in [0.25, 0.3) is 11.8 Å². The molecule has 134 valence electrons. The highest BCUT2D eigenvalue weighted by Crippen LogP contribution is 2.26. The lowest BCUT2D eigenvalue weighted by molar-refractivity contribution is -0.126. The minimum absolute atomic E-state index is 0.272. The van der Waals surface area contributed by atoms with Crippen molar-refractivity contribution in [3.05, 3.63) is 71.3 Å². The van der Waals surface area contributed by atoms with E-state index in [0.717, 1.165) is 10.5 Å². The first-order chi connectivity index (χ1) is 12.3. The maximum Gasteiger partial charge on any atom is 0.262 e. The van der Waals surface area contributed by atoms with E-state index < -0.39 is 23.4 Å². The molecule has 5 nitrogen and oxygen atoms in total. The summed E-state index contributed by atoms with van der Waals surface area (Å²) in [5, 5.41) is 2.90. The van der Waals surface area contributed by atoms with E-state index in [1.807, 2.05) is 51.1 Å². The summed E-state index contributed by atoms with van der Waals surface area (Å²) in [5.74, 6) is -1.18. The Bertz CT molecular complexity index is 818. The first-order valence-electron chi connectivity index (χ1n) is 8.61. The molecular formula is C21H22N2O3. The van der Waals surface area contributed by atoms with Crippen LogP contribution in [0.4, 0.5) is 0 Å². The van der Waals surface area contributed by atoms with Crippen LogP contribution in [0.1, 0.15) is 47.1 Å². The summed E-state index contributed by atoms with van der Waals surface area (Å²) in [7, 11) is 0. The van der Waals surface area contributed by atoms with Crippen LogP contribution in [0.3, 0.4) is 0 Å². The van der Waals surface area contributed by atoms with Crippen molar-refractivity contribution < 1.29 is 14.4 Å². The SMILES string of the molecule is CC(C)(C)NC(=O)[C@@H](Cc1ccccc1)N1C(=O)c2ccccc2C1=O. The number of benzene rings is 2. The molecule has 1 N–H and O–H groups in total. The Morgan fingerprint density at radius 2 is 1.42 bits per heavy atom. The molecule has 0 fully saturated rings. The topological polar surface area (TPSA) is 66.5 Å². The lowest BCUT2D eigenvalue weighted by Crippen LogP contribution is -2.54. The molecule has 3 rings (SSSR count). The van der Waals surface area contributed by atoms with E-state index in [-0.39, 0.29) is 12.3 Å². The van der Waals surface area contributed by atoms with Crippen LogP contribution in [0, 0.1) is 0 Å². The normalized spacial score (nSPS) is 15.0. The van der Waals surface area contributed by atoms with Crippen molar-refractivity contribution in [1.82, 2.24) is 10.2 Å². The number of nitrogens with one attached hydrogen (secondary N) is 1. The number of nitrogens with zero attached hydrogens (tertiary/aromatic N) is 1. The molecule has 2 aromatic carbocycles. The molecule has 0 aliphatic carbocycles. The molecule has 1 aliphatic heterocycles. The highest BCUT2D eigenvalue weighted by atomic mass is 16.2. The quantitative estimate of drug-likeness (QED) is 0.862. The minimum Gasteiger partial charge on any atom is -0.350 e. The van der Waals surface area contributed by atoms with Crippen LogP contribution in [0.2, 0.25) is 0 Å². The van der Waals surface area contributed by atoms with Gasteiger partial charge in [0.1, 0.15) is 6.04 Å². The number of hydrogen-bond acceptors (Lipinski definition) is 3. The number of amides is 3. The van der Waals surface area contributed by atoms with Crippen molar-refractivity contribution in [2.24, 2.45) is 0 Å². The largest absolute Gasteiger partial charge is 0.350 e. The molecule has 0 bridgehead atoms. The fourth-order valence-corrected chi connectivity index (χ4v) is 3.08. The van der Waals surface area contributed by atoms with Gasteiger partial charge in [-0.05, 0) is 38.5 Å². The molecule has 2 aromatic rings. The lowest BCUT2D eigenvalue weighted by Gasteiger charge is -2.29. The average molecular weight is 350 g/mol. The predicted octanol–water partition coefficient (Wildman–Crippen LogP) is 2.81. The summed E-state index contributed by atoms with van der Waals surface area (Å²) in [5.41, 5.74) is 1.11. The van der Waals surface area contributed by atoms with E-state index >= 15 is 0 Å². The monoisotopic (exact) mass is 350 g/mol. The van der Waals surface area contributed by atoms with Crippen LogP contribution in [-0.4, -0.2) is 34.2 Å². The van der Waals surface area contributed by atoms with Crippen molar-refractivity contribution in [1.29, 1.82) is 0 Å². The van der Waals surface area contributed by atoms with Gasteiger partial charge in [-0.2, -0.15) is 0 Å². The van der Waals surface area contributed by atoms with Gasteiger partial charge in [0.15, 0.2) is 0 Å². The van der Waals surface area contributed by atoms with Gasteiger partial charge in [0.05, 0.1) is 11.1 Å². The second-order valence-electron chi connectivity index (χ2n) is 7.47. The zero-order valence-corrected chi connectivity index (χ0v) is 15.2. The third kappa shape index (κ3) is 3.52. The zero-order valence-electron chi connectivity index (χ0n) is 15.2. The van der Waals surface area contributed by atoms with Crippen molar-refractivity contribution in [2.45, 2.75) is 38.8 Å². The van der Waals surface area contributed by atoms with E-state index in [1.165, 1.54) is 0 Å². The summed E-state index contributed by atoms with van der Waals surface area (Å²) in [4.78, 5) is 39.7. The molecule has 0 saturated heterocycles. The molecule has 0 aromatic heterocycles. The third-order valence-corrected chi connectivity index (χ3v) is 4.21. The van der Waals surface area contributed by atoms with Gasteiger partial charge < -0.3 is 5.32 Å². The molecule has 3 amide bonds. The highest BCUT2D eigenvalue weighted by molar-refractivity contribution is 6.22. The van der Waals surface area contributed by atoms with Crippen molar-refractivity contribution >= 4 is 17.7 Å². The van der Waals surface area contributed by atoms with Crippen molar-refractivity contribution in [3.63, 3.8) is 0 Å². The highest BCUT2D eigenvalue weighted by Gasteiger charge is 2.43. The van der Waals surface area contributed by atoms with Gasteiger partial charge in [-0.1, -0.05) is 42.5 Å². The first-order valence-corrected chi connectivity index (χ1v) is 8.61. The molecule has 0 saturated carbocycles. The summed E-state index contributed by atoms with van der Waals surface area (Å²) < 4.78 is 0. The Morgan fingerprint density at radius 3 is 1.92 bits per heavy atom. The van der Waals surface area contributed by atoms with Gasteiger partial charge in [-0.3, -0.25) is 19.3 Å². The number of hydrogen-bond donors (Lipinski definition) is 1. The number of rotatable bonds is 4. The third-order valence-electron chi connectivity index (χ3n) is 4.21. The van der Waals surface area contributed by atoms with E-state index in [0.29, 0.717) is 11.1 Å². The summed E-state index contributed by atoms with van der Waals surface area (Å²) in [6.45, 7) is 5.60. The van der Waals surface area contributed by atoms with Gasteiger partial charge >= 0.3 is 0 Å². The molecule has 1 heterocycles. The van der Waals surface area contributed by atoms with Gasteiger partial charge in [0, 0.05) is 12.0 Å². The molecule has 1 aliphatic rings. The first kappa shape index (κ1) is 17.9. The number of carbonyl (C=O) groups excluding carboxylic acids is 3. The smallest absolute Gasteiger partial charge is 0.262 e. The summed E-state index contributed by atoms with van der Waals surface area (Å²) in [6, 6.07) is 15.2. The Labute approximate surface area is 153 Å². The van der Waals surface area contributed by atoms with E-state index in [2.05, 4.69) is 5.32 Å². The van der Waals surface area contributed by atoms with Gasteiger partial charge in [-0.25, -0.2) is 0 Å². The van der Waals surface area contributed by atoms with Crippen LogP contribution in [-0.2, 0) is 11.2 Å². The maximum atomic E-state index is 12.9. The maximum absolute atomic E-state index is 12.9. The van der Waals surface area contributed by atoms with Crippen LogP contribution in [0.15, 0.2) is 54.6 Å². The lowest BCUT2D eigenvalue weighted by atomic mass is 10.0. The minimum atomic E-state index is -0.899. The standard InChI is InChI=1S/C21H22N2O3/c1-21(2,3)22-18(24)17(13-14-9-5-4-6-10-14)23-19(25)15-11-7-8-12-16(15)20(23)26/h4-12,17H,13H2,1-3H3,(H,22,24)/t17-/m1/s1. The van der Waals surface area contributed by atoms with E-state index in [1.54, 1.807) is 24.3 Å². The molecule has 5 heteroatoms. The fraction of sp³-hybridized carbons (Fsp3) is 0.286. The molecule has 1 atom stereocenters. The molecule has 0 radical (unpaired) electrons. The second kappa shape index (κ2) is 6.75. The van der Waals surface area contributed by atoms with E-state index in [9.17, 15) is 14.4 Å². The predicted molar refractivity (Wildman–Crippen MR) is 98.8 cm³/mol. The van der Waals surface area contributed by atoms with Crippen LogP contribution in [0.5, 0.6) is 0 Å². The van der Waals surface area contributed by atoms with Crippen molar-refractivity contribution in [2.75, 3.05) is 0 Å². The number of imide groups is 1. The van der Waals surface area contributed by atoms with E-state index in [4.69, 9.17) is 0 Å². The summed E-state index contributed by atoms with van der Waals surface area (Å²) >= 11 is 0. The molecule has 0 spiro atoms. The van der Waals surface area contributed by atoms with Gasteiger partial charge in [0.2, 0.25) is 5.91 Å². The van der Waals surface area contributed by atoms with Crippen LogP contribution >= 0.6 is 0 Å². The van der Waals surface area contributed by atoms with Crippen LogP contribution in [0.25, 0.3) is 0 Å². The fourth-order valence-electron chi connectivity index (χ4n) is 3.08. The zero-order chi connectivity index (χ0) is 18.9. The van der Waals surface area contributed by atoms with Crippen molar-refractivity contribution in [3.8, 4) is 0 Å². The van der Waals surface area contributed by atoms with Gasteiger partial charge in [-0.15, -0.1) is 0 Å². The molecule has 0 unspecified atom stereocenters. The summed E-state index contributed by atoms with van der Waals surface area (Å²) in [6.07, 6.45) is 0.272. The number of fused-ring (bicyclic) bond motifs is 1. The number of carbonyl (C=O) groups is 3. The van der Waals surface area contributed by atoms with Crippen LogP contribution < -0.4 is 5.32 Å². The Morgan fingerprint density at radius 1 is 0.923 bits per heavy atom.